The molecule has 0 spiro atoms. The zero-order valence-electron chi connectivity index (χ0n) is 15.4. The first-order valence-electron chi connectivity index (χ1n) is 9.61. The van der Waals surface area contributed by atoms with Crippen molar-refractivity contribution >= 4 is 5.97 Å². The number of benzene rings is 2. The number of carboxylic acids is 1. The fraction of sp³-hybridized carbons (Fsp3) is 0.375. The van der Waals surface area contributed by atoms with Gasteiger partial charge in [0.25, 0.3) is 0 Å². The maximum absolute atomic E-state index is 10.9. The van der Waals surface area contributed by atoms with Gasteiger partial charge in [0.15, 0.2) is 0 Å². The average Bonchev–Trinajstić information content (AvgIpc) is 2.68. The van der Waals surface area contributed by atoms with E-state index in [4.69, 9.17) is 5.11 Å². The Labute approximate surface area is 156 Å². The lowest BCUT2D eigenvalue weighted by Crippen LogP contribution is -2.13. The van der Waals surface area contributed by atoms with Gasteiger partial charge in [-0.2, -0.15) is 0 Å². The molecule has 0 saturated heterocycles. The van der Waals surface area contributed by atoms with Gasteiger partial charge >= 0.3 is 5.97 Å². The van der Waals surface area contributed by atoms with Crippen molar-refractivity contribution in [1.82, 2.24) is 0 Å². The van der Waals surface area contributed by atoms with E-state index in [1.165, 1.54) is 44.1 Å². The molecule has 2 aromatic rings. The summed E-state index contributed by atoms with van der Waals surface area (Å²) < 4.78 is 0. The Bertz CT molecular complexity index is 783. The Hall–Kier alpha value is -2.53. The Morgan fingerprint density at radius 2 is 1.46 bits per heavy atom. The highest BCUT2D eigenvalue weighted by Gasteiger charge is 2.21. The Morgan fingerprint density at radius 1 is 0.923 bits per heavy atom. The summed E-state index contributed by atoms with van der Waals surface area (Å²) in [6, 6.07) is 15.3. The third kappa shape index (κ3) is 4.76. The van der Waals surface area contributed by atoms with Crippen LogP contribution in [-0.2, 0) is 0 Å². The molecule has 0 bridgehead atoms. The summed E-state index contributed by atoms with van der Waals surface area (Å²) in [6.07, 6.45) is 8.05. The second kappa shape index (κ2) is 8.72. The Kier molecular flexibility index (Phi) is 6.12. The molecule has 0 radical (unpaired) electrons. The predicted molar refractivity (Wildman–Crippen MR) is 105 cm³/mol. The molecule has 2 nitrogen and oxygen atoms in total. The molecule has 0 amide bonds. The van der Waals surface area contributed by atoms with E-state index in [2.05, 4.69) is 43.0 Å². The highest BCUT2D eigenvalue weighted by atomic mass is 16.4. The van der Waals surface area contributed by atoms with Crippen molar-refractivity contribution in [3.8, 4) is 11.8 Å². The summed E-state index contributed by atoms with van der Waals surface area (Å²) in [6.45, 7) is 2.28. The van der Waals surface area contributed by atoms with E-state index in [1.54, 1.807) is 24.3 Å². The zero-order valence-corrected chi connectivity index (χ0v) is 15.4. The van der Waals surface area contributed by atoms with Gasteiger partial charge in [-0.05, 0) is 79.5 Å². The van der Waals surface area contributed by atoms with E-state index in [0.29, 0.717) is 5.92 Å². The van der Waals surface area contributed by atoms with Gasteiger partial charge in [0.05, 0.1) is 5.56 Å². The molecular formula is C24H26O2. The van der Waals surface area contributed by atoms with Crippen molar-refractivity contribution in [2.75, 3.05) is 0 Å². The second-order valence-corrected chi connectivity index (χ2v) is 7.26. The number of aromatic carboxylic acids is 1. The topological polar surface area (TPSA) is 37.3 Å². The molecule has 0 aliphatic heterocycles. The van der Waals surface area contributed by atoms with E-state index in [1.807, 2.05) is 0 Å². The highest BCUT2D eigenvalue weighted by Crippen LogP contribution is 2.37. The predicted octanol–water partition coefficient (Wildman–Crippen LogP) is 5.86. The molecule has 0 unspecified atom stereocenters. The molecule has 0 atom stereocenters. The molecule has 1 saturated carbocycles. The highest BCUT2D eigenvalue weighted by molar-refractivity contribution is 5.87. The van der Waals surface area contributed by atoms with E-state index < -0.39 is 5.97 Å². The lowest BCUT2D eigenvalue weighted by molar-refractivity contribution is 0.0697. The van der Waals surface area contributed by atoms with Crippen LogP contribution in [0.4, 0.5) is 0 Å². The van der Waals surface area contributed by atoms with E-state index in [-0.39, 0.29) is 5.56 Å². The van der Waals surface area contributed by atoms with Crippen molar-refractivity contribution in [2.45, 2.75) is 51.4 Å². The molecule has 0 heterocycles. The van der Waals surface area contributed by atoms with Crippen LogP contribution < -0.4 is 0 Å². The lowest BCUT2D eigenvalue weighted by Gasteiger charge is -2.28. The second-order valence-electron chi connectivity index (χ2n) is 7.26. The van der Waals surface area contributed by atoms with Gasteiger partial charge in [-0.1, -0.05) is 43.7 Å². The number of carboxylic acid groups (broad SMARTS) is 1. The summed E-state index contributed by atoms with van der Waals surface area (Å²) >= 11 is 0. The maximum atomic E-state index is 10.9. The van der Waals surface area contributed by atoms with Crippen LogP contribution >= 0.6 is 0 Å². The quantitative estimate of drug-likeness (QED) is 0.704. The first-order valence-corrected chi connectivity index (χ1v) is 9.61. The molecule has 1 aliphatic rings. The monoisotopic (exact) mass is 346 g/mol. The van der Waals surface area contributed by atoms with E-state index >= 15 is 0 Å². The minimum absolute atomic E-state index is 0.286. The van der Waals surface area contributed by atoms with Crippen LogP contribution in [0, 0.1) is 17.8 Å². The van der Waals surface area contributed by atoms with Crippen LogP contribution in [0.2, 0.25) is 0 Å². The summed E-state index contributed by atoms with van der Waals surface area (Å²) in [5, 5.41) is 8.92. The maximum Gasteiger partial charge on any atom is 0.335 e. The number of carbonyl (C=O) groups is 1. The minimum Gasteiger partial charge on any atom is -0.478 e. The Morgan fingerprint density at radius 3 is 1.96 bits per heavy atom. The minimum atomic E-state index is -0.913. The van der Waals surface area contributed by atoms with E-state index in [0.717, 1.165) is 17.0 Å². The summed E-state index contributed by atoms with van der Waals surface area (Å²) in [5.41, 5.74) is 3.55. The fourth-order valence-electron chi connectivity index (χ4n) is 3.87. The molecular weight excluding hydrogens is 320 g/mol. The average molecular weight is 346 g/mol. The van der Waals surface area contributed by atoms with Gasteiger partial charge < -0.3 is 5.11 Å². The van der Waals surface area contributed by atoms with Crippen molar-refractivity contribution in [2.24, 2.45) is 5.92 Å². The molecule has 2 heteroatoms. The first kappa shape index (κ1) is 18.3. The molecule has 3 rings (SSSR count). The van der Waals surface area contributed by atoms with Gasteiger partial charge in [-0.3, -0.25) is 0 Å². The van der Waals surface area contributed by atoms with Gasteiger partial charge in [-0.15, -0.1) is 0 Å². The molecule has 2 aromatic carbocycles. The van der Waals surface area contributed by atoms with Crippen LogP contribution in [0.15, 0.2) is 48.5 Å². The standard InChI is InChI=1S/C24H26O2/c1-2-3-18-6-12-21(13-7-18)22-14-8-19(9-15-22)4-5-20-10-16-23(17-11-20)24(25)26/h8-11,14-18,21H,2-3,6-7,12-13H2,1H3,(H,25,26). The first-order chi connectivity index (χ1) is 12.7. The SMILES string of the molecule is CCCC1CCC(c2ccc(C#Cc3ccc(C(=O)O)cc3)cc2)CC1. The third-order valence-electron chi connectivity index (χ3n) is 5.41. The van der Waals surface area contributed by atoms with Gasteiger partial charge in [0.1, 0.15) is 0 Å². The largest absolute Gasteiger partial charge is 0.478 e. The molecule has 26 heavy (non-hydrogen) atoms. The van der Waals surface area contributed by atoms with Crippen LogP contribution in [0.1, 0.15) is 78.4 Å². The van der Waals surface area contributed by atoms with Crippen molar-refractivity contribution in [3.05, 3.63) is 70.8 Å². The van der Waals surface area contributed by atoms with Crippen LogP contribution in [0.5, 0.6) is 0 Å². The van der Waals surface area contributed by atoms with Crippen LogP contribution in [0.3, 0.4) is 0 Å². The van der Waals surface area contributed by atoms with Crippen molar-refractivity contribution in [3.63, 3.8) is 0 Å². The summed E-state index contributed by atoms with van der Waals surface area (Å²) in [4.78, 5) is 10.9. The smallest absolute Gasteiger partial charge is 0.335 e. The van der Waals surface area contributed by atoms with E-state index in [9.17, 15) is 4.79 Å². The molecule has 1 aliphatic carbocycles. The third-order valence-corrected chi connectivity index (χ3v) is 5.41. The van der Waals surface area contributed by atoms with Crippen molar-refractivity contribution < 1.29 is 9.90 Å². The van der Waals surface area contributed by atoms with Crippen LogP contribution in [0.25, 0.3) is 0 Å². The molecule has 134 valence electrons. The molecule has 1 N–H and O–H groups in total. The van der Waals surface area contributed by atoms with Crippen LogP contribution in [-0.4, -0.2) is 11.1 Å². The van der Waals surface area contributed by atoms with Gasteiger partial charge in [0, 0.05) is 11.1 Å². The fourth-order valence-corrected chi connectivity index (χ4v) is 3.87. The lowest BCUT2D eigenvalue weighted by atomic mass is 9.77. The summed E-state index contributed by atoms with van der Waals surface area (Å²) in [7, 11) is 0. The Balaban J connectivity index is 1.61. The number of hydrogen-bond donors (Lipinski definition) is 1. The molecule has 0 aromatic heterocycles. The van der Waals surface area contributed by atoms with Crippen molar-refractivity contribution in [1.29, 1.82) is 0 Å². The zero-order chi connectivity index (χ0) is 18.4. The van der Waals surface area contributed by atoms with Gasteiger partial charge in [0.2, 0.25) is 0 Å². The normalized spacial score (nSPS) is 19.4. The van der Waals surface area contributed by atoms with Gasteiger partial charge in [-0.25, -0.2) is 4.79 Å². The summed E-state index contributed by atoms with van der Waals surface area (Å²) in [5.74, 6) is 7.00. The molecule has 1 fully saturated rings. The number of rotatable bonds is 4. The number of hydrogen-bond acceptors (Lipinski definition) is 1.